The average Bonchev–Trinajstić information content (AvgIpc) is 2.82. The van der Waals surface area contributed by atoms with E-state index in [0.717, 1.165) is 19.1 Å². The first kappa shape index (κ1) is 13.1. The van der Waals surface area contributed by atoms with Crippen LogP contribution in [-0.4, -0.2) is 24.2 Å². The van der Waals surface area contributed by atoms with Crippen LogP contribution in [0.1, 0.15) is 19.0 Å². The third-order valence-corrected chi connectivity index (χ3v) is 3.12. The fraction of sp³-hybridized carbons (Fsp3) is 0.583. The third-order valence-electron chi connectivity index (χ3n) is 3.12. The minimum Gasteiger partial charge on any atom is -0.381 e. The topological polar surface area (TPSA) is 34.2 Å². The molecule has 0 spiro atoms. The second-order valence-electron chi connectivity index (χ2n) is 4.49. The monoisotopic (exact) mass is 260 g/mol. The van der Waals surface area contributed by atoms with Gasteiger partial charge in [0.25, 0.3) is 0 Å². The Morgan fingerprint density at radius 1 is 1.44 bits per heavy atom. The van der Waals surface area contributed by atoms with E-state index < -0.39 is 11.9 Å². The maximum Gasteiger partial charge on any atom is 0.433 e. The lowest BCUT2D eigenvalue weighted by atomic mass is 10.0. The zero-order valence-electron chi connectivity index (χ0n) is 10.00. The molecule has 2 atom stereocenters. The summed E-state index contributed by atoms with van der Waals surface area (Å²) in [5.74, 6) is 0.396. The molecule has 3 nitrogen and oxygen atoms in total. The van der Waals surface area contributed by atoms with Gasteiger partial charge in [-0.1, -0.05) is 0 Å². The summed E-state index contributed by atoms with van der Waals surface area (Å²) < 4.78 is 42.3. The van der Waals surface area contributed by atoms with E-state index in [4.69, 9.17) is 4.74 Å². The van der Waals surface area contributed by atoms with E-state index in [1.54, 1.807) is 0 Å². The fourth-order valence-corrected chi connectivity index (χ4v) is 1.97. The van der Waals surface area contributed by atoms with Gasteiger partial charge >= 0.3 is 6.18 Å². The van der Waals surface area contributed by atoms with Gasteiger partial charge in [-0.2, -0.15) is 13.2 Å². The van der Waals surface area contributed by atoms with Crippen molar-refractivity contribution in [3.05, 3.63) is 24.0 Å². The standard InChI is InChI=1S/C12H15F3N2O/c1-8(9-4-5-18-7-9)17-10-2-3-11(16-6-10)12(13,14)15/h2-3,6,8-9,17H,4-5,7H2,1H3. The van der Waals surface area contributed by atoms with Gasteiger partial charge in [-0.05, 0) is 25.5 Å². The van der Waals surface area contributed by atoms with Gasteiger partial charge in [0.2, 0.25) is 0 Å². The number of hydrogen-bond donors (Lipinski definition) is 1. The number of hydrogen-bond acceptors (Lipinski definition) is 3. The van der Waals surface area contributed by atoms with Crippen molar-refractivity contribution in [2.45, 2.75) is 25.6 Å². The van der Waals surface area contributed by atoms with Crippen LogP contribution in [0.15, 0.2) is 18.3 Å². The van der Waals surface area contributed by atoms with Crippen LogP contribution in [0.3, 0.4) is 0 Å². The van der Waals surface area contributed by atoms with Crippen molar-refractivity contribution in [3.8, 4) is 0 Å². The summed E-state index contributed by atoms with van der Waals surface area (Å²) in [5, 5.41) is 3.15. The minimum atomic E-state index is -4.39. The van der Waals surface area contributed by atoms with Crippen molar-refractivity contribution in [2.24, 2.45) is 5.92 Å². The van der Waals surface area contributed by atoms with E-state index in [1.807, 2.05) is 6.92 Å². The van der Waals surface area contributed by atoms with E-state index in [2.05, 4.69) is 10.3 Å². The molecular formula is C12H15F3N2O. The van der Waals surface area contributed by atoms with Crippen LogP contribution in [0, 0.1) is 5.92 Å². The van der Waals surface area contributed by atoms with Gasteiger partial charge in [-0.15, -0.1) is 0 Å². The Labute approximate surface area is 103 Å². The molecule has 1 saturated heterocycles. The number of halogens is 3. The lowest BCUT2D eigenvalue weighted by Gasteiger charge is -2.20. The summed E-state index contributed by atoms with van der Waals surface area (Å²) in [4.78, 5) is 3.41. The van der Waals surface area contributed by atoms with Gasteiger partial charge in [0.05, 0.1) is 18.5 Å². The lowest BCUT2D eigenvalue weighted by Crippen LogP contribution is -2.26. The van der Waals surface area contributed by atoms with Crippen LogP contribution in [0.2, 0.25) is 0 Å². The van der Waals surface area contributed by atoms with Gasteiger partial charge in [0.1, 0.15) is 5.69 Å². The summed E-state index contributed by atoms with van der Waals surface area (Å²) in [6.07, 6.45) is -2.19. The van der Waals surface area contributed by atoms with Gasteiger partial charge in [-0.25, -0.2) is 4.98 Å². The number of pyridine rings is 1. The summed E-state index contributed by atoms with van der Waals surface area (Å²) >= 11 is 0. The molecule has 2 rings (SSSR count). The molecule has 18 heavy (non-hydrogen) atoms. The predicted octanol–water partition coefficient (Wildman–Crippen LogP) is 2.94. The number of ether oxygens (including phenoxy) is 1. The molecule has 1 aromatic rings. The Balaban J connectivity index is 1.97. The first-order valence-corrected chi connectivity index (χ1v) is 5.84. The second kappa shape index (κ2) is 5.14. The van der Waals surface area contributed by atoms with E-state index in [0.29, 0.717) is 18.2 Å². The molecule has 1 aliphatic heterocycles. The molecule has 1 N–H and O–H groups in total. The van der Waals surface area contributed by atoms with Gasteiger partial charge in [0.15, 0.2) is 0 Å². The molecule has 100 valence electrons. The Kier molecular flexibility index (Phi) is 3.75. The maximum absolute atomic E-state index is 12.3. The number of nitrogens with one attached hydrogen (secondary N) is 1. The van der Waals surface area contributed by atoms with Crippen molar-refractivity contribution in [1.29, 1.82) is 0 Å². The Hall–Kier alpha value is -1.30. The largest absolute Gasteiger partial charge is 0.433 e. The highest BCUT2D eigenvalue weighted by Crippen LogP contribution is 2.28. The zero-order chi connectivity index (χ0) is 13.2. The SMILES string of the molecule is CC(Nc1ccc(C(F)(F)F)nc1)C1CCOC1. The van der Waals surface area contributed by atoms with E-state index in [-0.39, 0.29) is 6.04 Å². The highest BCUT2D eigenvalue weighted by molar-refractivity contribution is 5.42. The normalized spacial score (nSPS) is 21.9. The Morgan fingerprint density at radius 3 is 2.72 bits per heavy atom. The van der Waals surface area contributed by atoms with Crippen LogP contribution >= 0.6 is 0 Å². The molecule has 2 heterocycles. The molecule has 0 radical (unpaired) electrons. The average molecular weight is 260 g/mol. The highest BCUT2D eigenvalue weighted by atomic mass is 19.4. The van der Waals surface area contributed by atoms with E-state index in [1.165, 1.54) is 12.3 Å². The summed E-state index contributed by atoms with van der Waals surface area (Å²) in [7, 11) is 0. The van der Waals surface area contributed by atoms with Crippen molar-refractivity contribution in [3.63, 3.8) is 0 Å². The molecule has 0 bridgehead atoms. The maximum atomic E-state index is 12.3. The number of rotatable bonds is 3. The molecule has 1 aliphatic rings. The molecule has 1 aromatic heterocycles. The molecular weight excluding hydrogens is 245 g/mol. The highest BCUT2D eigenvalue weighted by Gasteiger charge is 2.32. The van der Waals surface area contributed by atoms with Crippen LogP contribution in [-0.2, 0) is 10.9 Å². The number of anilines is 1. The number of aromatic nitrogens is 1. The van der Waals surface area contributed by atoms with Gasteiger partial charge < -0.3 is 10.1 Å². The molecule has 2 unspecified atom stereocenters. The smallest absolute Gasteiger partial charge is 0.381 e. The fourth-order valence-electron chi connectivity index (χ4n) is 1.97. The second-order valence-corrected chi connectivity index (χ2v) is 4.49. The minimum absolute atomic E-state index is 0.158. The van der Waals surface area contributed by atoms with Crippen LogP contribution in [0.4, 0.5) is 18.9 Å². The molecule has 0 saturated carbocycles. The summed E-state index contributed by atoms with van der Waals surface area (Å²) in [5.41, 5.74) is -0.271. The van der Waals surface area contributed by atoms with Crippen molar-refractivity contribution in [1.82, 2.24) is 4.98 Å². The molecule has 6 heteroatoms. The first-order chi connectivity index (χ1) is 8.47. The Bertz CT molecular complexity index is 385. The van der Waals surface area contributed by atoms with Crippen molar-refractivity contribution < 1.29 is 17.9 Å². The third kappa shape index (κ3) is 3.13. The zero-order valence-corrected chi connectivity index (χ0v) is 10.00. The summed E-state index contributed by atoms with van der Waals surface area (Å²) in [6, 6.07) is 2.55. The quantitative estimate of drug-likeness (QED) is 0.907. The Morgan fingerprint density at radius 2 is 2.22 bits per heavy atom. The van der Waals surface area contributed by atoms with Crippen LogP contribution in [0.5, 0.6) is 0 Å². The molecule has 0 aromatic carbocycles. The van der Waals surface area contributed by atoms with E-state index in [9.17, 15) is 13.2 Å². The summed E-state index contributed by atoms with van der Waals surface area (Å²) in [6.45, 7) is 3.45. The number of alkyl halides is 3. The van der Waals surface area contributed by atoms with Gasteiger partial charge in [-0.3, -0.25) is 0 Å². The lowest BCUT2D eigenvalue weighted by molar-refractivity contribution is -0.141. The molecule has 0 aliphatic carbocycles. The molecule has 1 fully saturated rings. The first-order valence-electron chi connectivity index (χ1n) is 5.84. The van der Waals surface area contributed by atoms with Crippen molar-refractivity contribution >= 4 is 5.69 Å². The molecule has 0 amide bonds. The van der Waals surface area contributed by atoms with E-state index >= 15 is 0 Å². The van der Waals surface area contributed by atoms with Crippen LogP contribution in [0.25, 0.3) is 0 Å². The van der Waals surface area contributed by atoms with Crippen LogP contribution < -0.4 is 5.32 Å². The number of nitrogens with zero attached hydrogens (tertiary/aromatic N) is 1. The van der Waals surface area contributed by atoms with Gasteiger partial charge in [0, 0.05) is 18.6 Å². The predicted molar refractivity (Wildman–Crippen MR) is 61.2 cm³/mol. The van der Waals surface area contributed by atoms with Crippen molar-refractivity contribution in [2.75, 3.05) is 18.5 Å².